The van der Waals surface area contributed by atoms with Crippen molar-refractivity contribution in [1.82, 2.24) is 5.43 Å². The molecule has 3 N–H and O–H groups in total. The number of hydrogen-bond acceptors (Lipinski definition) is 3. The Kier molecular flexibility index (Phi) is 4.99. The summed E-state index contributed by atoms with van der Waals surface area (Å²) >= 11 is 9.35. The lowest BCUT2D eigenvalue weighted by molar-refractivity contribution is 0.385. The molecule has 0 radical (unpaired) electrons. The standard InChI is InChI=1S/C14H13BrClFN2O/c1-20-13-5-2-8(6-12(13)17)14(19-18)10-4-3-9(16)7-11(10)15/h2-7,14,19H,18H2,1H3. The van der Waals surface area contributed by atoms with Crippen LogP contribution in [-0.4, -0.2) is 7.11 Å². The number of hydrogen-bond donors (Lipinski definition) is 2. The number of benzene rings is 2. The van der Waals surface area contributed by atoms with E-state index in [2.05, 4.69) is 21.4 Å². The molecular formula is C14H13BrClFN2O. The van der Waals surface area contributed by atoms with Gasteiger partial charge in [-0.3, -0.25) is 5.84 Å². The molecule has 0 spiro atoms. The molecule has 3 nitrogen and oxygen atoms in total. The molecule has 0 fully saturated rings. The summed E-state index contributed by atoms with van der Waals surface area (Å²) < 4.78 is 19.5. The average molecular weight is 360 g/mol. The normalized spacial score (nSPS) is 12.2. The fourth-order valence-electron chi connectivity index (χ4n) is 1.96. The Bertz CT molecular complexity index is 624. The summed E-state index contributed by atoms with van der Waals surface area (Å²) in [6, 6.07) is 9.71. The van der Waals surface area contributed by atoms with Crippen molar-refractivity contribution >= 4 is 27.5 Å². The maximum absolute atomic E-state index is 13.8. The highest BCUT2D eigenvalue weighted by Gasteiger charge is 2.17. The van der Waals surface area contributed by atoms with Crippen LogP contribution in [0, 0.1) is 5.82 Å². The van der Waals surface area contributed by atoms with E-state index < -0.39 is 5.82 Å². The molecule has 20 heavy (non-hydrogen) atoms. The van der Waals surface area contributed by atoms with Crippen molar-refractivity contribution < 1.29 is 9.13 Å². The van der Waals surface area contributed by atoms with Crippen molar-refractivity contribution in [3.63, 3.8) is 0 Å². The first-order chi connectivity index (χ1) is 9.56. The molecule has 0 bridgehead atoms. The quantitative estimate of drug-likeness (QED) is 0.645. The molecule has 0 aliphatic heterocycles. The summed E-state index contributed by atoms with van der Waals surface area (Å²) in [5.74, 6) is 5.37. The summed E-state index contributed by atoms with van der Waals surface area (Å²) in [5.41, 5.74) is 4.23. The largest absolute Gasteiger partial charge is 0.494 e. The number of nitrogens with two attached hydrogens (primary N) is 1. The summed E-state index contributed by atoms with van der Waals surface area (Å²) in [6.07, 6.45) is 0. The molecular weight excluding hydrogens is 347 g/mol. The Morgan fingerprint density at radius 3 is 2.60 bits per heavy atom. The SMILES string of the molecule is COc1ccc(C(NN)c2ccc(Cl)cc2Br)cc1F. The first kappa shape index (κ1) is 15.3. The minimum absolute atomic E-state index is 0.194. The van der Waals surface area contributed by atoms with Gasteiger partial charge >= 0.3 is 0 Å². The lowest BCUT2D eigenvalue weighted by Gasteiger charge is -2.19. The Hall–Kier alpha value is -1.14. The van der Waals surface area contributed by atoms with Gasteiger partial charge in [0.1, 0.15) is 0 Å². The topological polar surface area (TPSA) is 47.3 Å². The molecule has 2 rings (SSSR count). The van der Waals surface area contributed by atoms with E-state index in [9.17, 15) is 4.39 Å². The highest BCUT2D eigenvalue weighted by Crippen LogP contribution is 2.31. The fourth-order valence-corrected chi connectivity index (χ4v) is 2.87. The zero-order valence-corrected chi connectivity index (χ0v) is 13.0. The molecule has 1 unspecified atom stereocenters. The molecule has 0 aliphatic carbocycles. The Balaban J connectivity index is 2.44. The number of ether oxygens (including phenoxy) is 1. The molecule has 2 aromatic carbocycles. The van der Waals surface area contributed by atoms with Gasteiger partial charge in [-0.1, -0.05) is 39.7 Å². The van der Waals surface area contributed by atoms with E-state index in [0.717, 1.165) is 10.0 Å². The maximum Gasteiger partial charge on any atom is 0.165 e. The van der Waals surface area contributed by atoms with Crippen molar-refractivity contribution in [1.29, 1.82) is 0 Å². The number of methoxy groups -OCH3 is 1. The van der Waals surface area contributed by atoms with E-state index in [4.69, 9.17) is 22.2 Å². The fraction of sp³-hybridized carbons (Fsp3) is 0.143. The zero-order valence-electron chi connectivity index (χ0n) is 10.7. The molecule has 0 aromatic heterocycles. The molecule has 0 amide bonds. The van der Waals surface area contributed by atoms with Gasteiger partial charge in [0.05, 0.1) is 13.2 Å². The Morgan fingerprint density at radius 1 is 1.30 bits per heavy atom. The van der Waals surface area contributed by atoms with Crippen molar-refractivity contribution in [3.8, 4) is 5.75 Å². The Labute approximate surface area is 130 Å². The van der Waals surface area contributed by atoms with E-state index in [1.54, 1.807) is 24.3 Å². The third-order valence-corrected chi connectivity index (χ3v) is 3.87. The van der Waals surface area contributed by atoms with Gasteiger partial charge in [0, 0.05) is 9.50 Å². The number of nitrogens with one attached hydrogen (secondary N) is 1. The van der Waals surface area contributed by atoms with Crippen LogP contribution in [0.5, 0.6) is 5.75 Å². The van der Waals surface area contributed by atoms with Crippen molar-refractivity contribution in [2.24, 2.45) is 5.84 Å². The van der Waals surface area contributed by atoms with Crippen molar-refractivity contribution in [3.05, 3.63) is 62.8 Å². The second-order valence-corrected chi connectivity index (χ2v) is 5.45. The summed E-state index contributed by atoms with van der Waals surface area (Å²) in [4.78, 5) is 0. The third-order valence-electron chi connectivity index (χ3n) is 2.95. The smallest absolute Gasteiger partial charge is 0.165 e. The van der Waals surface area contributed by atoms with Crippen LogP contribution in [0.3, 0.4) is 0 Å². The zero-order chi connectivity index (χ0) is 14.7. The van der Waals surface area contributed by atoms with Crippen LogP contribution in [-0.2, 0) is 0 Å². The number of rotatable bonds is 4. The second-order valence-electron chi connectivity index (χ2n) is 4.16. The van der Waals surface area contributed by atoms with E-state index >= 15 is 0 Å². The lowest BCUT2D eigenvalue weighted by Crippen LogP contribution is -2.29. The van der Waals surface area contributed by atoms with Crippen LogP contribution in [0.15, 0.2) is 40.9 Å². The van der Waals surface area contributed by atoms with E-state index in [1.807, 2.05) is 6.07 Å². The van der Waals surface area contributed by atoms with Crippen molar-refractivity contribution in [2.45, 2.75) is 6.04 Å². The molecule has 0 saturated carbocycles. The lowest BCUT2D eigenvalue weighted by atomic mass is 9.99. The van der Waals surface area contributed by atoms with Gasteiger partial charge in [0.25, 0.3) is 0 Å². The van der Waals surface area contributed by atoms with E-state index in [-0.39, 0.29) is 11.8 Å². The van der Waals surface area contributed by atoms with Crippen LogP contribution in [0.2, 0.25) is 5.02 Å². The van der Waals surface area contributed by atoms with Gasteiger partial charge in [-0.2, -0.15) is 0 Å². The highest BCUT2D eigenvalue weighted by molar-refractivity contribution is 9.10. The predicted octanol–water partition coefficient (Wildman–Crippen LogP) is 3.80. The molecule has 1 atom stereocenters. The molecule has 6 heteroatoms. The molecule has 0 aliphatic rings. The Morgan fingerprint density at radius 2 is 2.05 bits per heavy atom. The first-order valence-corrected chi connectivity index (χ1v) is 6.98. The van der Waals surface area contributed by atoms with Gasteiger partial charge in [0.2, 0.25) is 0 Å². The highest BCUT2D eigenvalue weighted by atomic mass is 79.9. The van der Waals surface area contributed by atoms with Gasteiger partial charge < -0.3 is 4.74 Å². The molecule has 0 saturated heterocycles. The number of halogens is 3. The minimum atomic E-state index is -0.435. The second kappa shape index (κ2) is 6.54. The monoisotopic (exact) mass is 358 g/mol. The van der Waals surface area contributed by atoms with Crippen molar-refractivity contribution in [2.75, 3.05) is 7.11 Å². The predicted molar refractivity (Wildman–Crippen MR) is 81.3 cm³/mol. The maximum atomic E-state index is 13.8. The van der Waals surface area contributed by atoms with E-state index in [0.29, 0.717) is 10.6 Å². The van der Waals surface area contributed by atoms with Crippen LogP contribution < -0.4 is 16.0 Å². The summed E-state index contributed by atoms with van der Waals surface area (Å²) in [6.45, 7) is 0. The van der Waals surface area contributed by atoms with Crippen LogP contribution in [0.4, 0.5) is 4.39 Å². The van der Waals surface area contributed by atoms with Crippen LogP contribution in [0.25, 0.3) is 0 Å². The van der Waals surface area contributed by atoms with Gasteiger partial charge in [-0.25, -0.2) is 9.82 Å². The minimum Gasteiger partial charge on any atom is -0.494 e. The summed E-state index contributed by atoms with van der Waals surface area (Å²) in [7, 11) is 1.42. The first-order valence-electron chi connectivity index (χ1n) is 5.81. The molecule has 2 aromatic rings. The van der Waals surface area contributed by atoms with Crippen LogP contribution in [0.1, 0.15) is 17.2 Å². The number of hydrazine groups is 1. The van der Waals surface area contributed by atoms with Gasteiger partial charge in [-0.15, -0.1) is 0 Å². The average Bonchev–Trinajstić information content (AvgIpc) is 2.42. The van der Waals surface area contributed by atoms with Gasteiger partial charge in [0.15, 0.2) is 11.6 Å². The molecule has 106 valence electrons. The van der Waals surface area contributed by atoms with E-state index in [1.165, 1.54) is 13.2 Å². The summed E-state index contributed by atoms with van der Waals surface area (Å²) in [5, 5.41) is 0.609. The van der Waals surface area contributed by atoms with Crippen LogP contribution >= 0.6 is 27.5 Å². The molecule has 0 heterocycles. The van der Waals surface area contributed by atoms with Gasteiger partial charge in [-0.05, 0) is 35.4 Å². The third kappa shape index (κ3) is 3.12.